The first-order chi connectivity index (χ1) is 9.08. The van der Waals surface area contributed by atoms with Gasteiger partial charge in [0.25, 0.3) is 0 Å². The van der Waals surface area contributed by atoms with Gasteiger partial charge in [0, 0.05) is 18.7 Å². The van der Waals surface area contributed by atoms with Crippen molar-refractivity contribution in [2.45, 2.75) is 13.1 Å². The monoisotopic (exact) mass is 283 g/mol. The van der Waals surface area contributed by atoms with Crippen molar-refractivity contribution in [1.29, 1.82) is 0 Å². The van der Waals surface area contributed by atoms with E-state index in [4.69, 9.17) is 11.6 Å². The van der Waals surface area contributed by atoms with Crippen LogP contribution in [0.15, 0.2) is 36.4 Å². The van der Waals surface area contributed by atoms with Crippen LogP contribution in [0.4, 0.5) is 8.78 Å². The molecular weight excluding hydrogens is 272 g/mol. The first-order valence-electron chi connectivity index (χ1n) is 5.69. The summed E-state index contributed by atoms with van der Waals surface area (Å²) in [6.45, 7) is 0.745. The van der Waals surface area contributed by atoms with Gasteiger partial charge >= 0.3 is 0 Å². The van der Waals surface area contributed by atoms with E-state index in [0.717, 1.165) is 5.56 Å². The van der Waals surface area contributed by atoms with Crippen LogP contribution in [0, 0.1) is 11.6 Å². The van der Waals surface area contributed by atoms with Gasteiger partial charge in [0.2, 0.25) is 0 Å². The maximum absolute atomic E-state index is 13.1. The molecule has 2 N–H and O–H groups in total. The van der Waals surface area contributed by atoms with Gasteiger partial charge in [-0.2, -0.15) is 0 Å². The molecular formula is C14H12ClF2NO. The predicted octanol–water partition coefficient (Wildman–Crippen LogP) is 3.61. The summed E-state index contributed by atoms with van der Waals surface area (Å²) in [6.07, 6.45) is 0. The van der Waals surface area contributed by atoms with Crippen LogP contribution in [-0.4, -0.2) is 5.11 Å². The smallest absolute Gasteiger partial charge is 0.165 e. The summed E-state index contributed by atoms with van der Waals surface area (Å²) in [5, 5.41) is 12.6. The fourth-order valence-corrected chi connectivity index (χ4v) is 1.90. The standard InChI is InChI=1S/C14H12ClF2NO/c15-11-6-9(4-5-12(11)16)7-18-8-10-2-1-3-13(17)14(10)19/h1-6,18-19H,7-8H2. The van der Waals surface area contributed by atoms with Crippen molar-refractivity contribution in [3.8, 4) is 5.75 Å². The quantitative estimate of drug-likeness (QED) is 0.898. The zero-order chi connectivity index (χ0) is 13.8. The molecule has 0 aliphatic heterocycles. The second-order valence-corrected chi connectivity index (χ2v) is 4.51. The molecule has 0 saturated carbocycles. The summed E-state index contributed by atoms with van der Waals surface area (Å²) in [6, 6.07) is 8.77. The van der Waals surface area contributed by atoms with Crippen molar-refractivity contribution in [3.05, 3.63) is 64.2 Å². The van der Waals surface area contributed by atoms with E-state index in [9.17, 15) is 13.9 Å². The molecule has 0 saturated heterocycles. The van der Waals surface area contributed by atoms with Crippen LogP contribution >= 0.6 is 11.6 Å². The molecule has 2 nitrogen and oxygen atoms in total. The predicted molar refractivity (Wildman–Crippen MR) is 70.0 cm³/mol. The Morgan fingerprint density at radius 2 is 1.84 bits per heavy atom. The number of para-hydroxylation sites is 1. The minimum atomic E-state index is -0.649. The van der Waals surface area contributed by atoms with E-state index < -0.39 is 11.6 Å². The average Bonchev–Trinajstić information content (AvgIpc) is 2.39. The third-order valence-electron chi connectivity index (χ3n) is 2.70. The van der Waals surface area contributed by atoms with Gasteiger partial charge in [-0.05, 0) is 23.8 Å². The maximum Gasteiger partial charge on any atom is 0.165 e. The number of hydrogen-bond donors (Lipinski definition) is 2. The summed E-state index contributed by atoms with van der Waals surface area (Å²) < 4.78 is 26.0. The summed E-state index contributed by atoms with van der Waals surface area (Å²) in [7, 11) is 0. The lowest BCUT2D eigenvalue weighted by atomic mass is 10.1. The Balaban J connectivity index is 1.96. The van der Waals surface area contributed by atoms with E-state index in [0.29, 0.717) is 18.7 Å². The van der Waals surface area contributed by atoms with Gasteiger partial charge in [0.1, 0.15) is 5.82 Å². The molecule has 0 atom stereocenters. The van der Waals surface area contributed by atoms with Crippen molar-refractivity contribution in [2.75, 3.05) is 0 Å². The number of nitrogens with one attached hydrogen (secondary N) is 1. The van der Waals surface area contributed by atoms with Gasteiger partial charge in [-0.25, -0.2) is 8.78 Å². The number of halogens is 3. The Bertz CT molecular complexity index is 590. The zero-order valence-corrected chi connectivity index (χ0v) is 10.7. The first kappa shape index (κ1) is 13.8. The fourth-order valence-electron chi connectivity index (χ4n) is 1.69. The fraction of sp³-hybridized carbons (Fsp3) is 0.143. The Labute approximate surface area is 114 Å². The molecule has 0 spiro atoms. The van der Waals surface area contributed by atoms with E-state index in [-0.39, 0.29) is 10.8 Å². The van der Waals surface area contributed by atoms with Crippen LogP contribution in [-0.2, 0) is 13.1 Å². The lowest BCUT2D eigenvalue weighted by Crippen LogP contribution is -2.13. The number of rotatable bonds is 4. The molecule has 100 valence electrons. The summed E-state index contributed by atoms with van der Waals surface area (Å²) in [5.74, 6) is -1.47. The number of phenols is 1. The summed E-state index contributed by atoms with van der Waals surface area (Å²) in [4.78, 5) is 0. The highest BCUT2D eigenvalue weighted by atomic mass is 35.5. The van der Waals surface area contributed by atoms with Gasteiger partial charge < -0.3 is 10.4 Å². The lowest BCUT2D eigenvalue weighted by Gasteiger charge is -2.08. The number of aromatic hydroxyl groups is 1. The lowest BCUT2D eigenvalue weighted by molar-refractivity contribution is 0.423. The third-order valence-corrected chi connectivity index (χ3v) is 2.99. The minimum absolute atomic E-state index is 0.0629. The van der Waals surface area contributed by atoms with E-state index >= 15 is 0 Å². The molecule has 0 unspecified atom stereocenters. The number of hydrogen-bond acceptors (Lipinski definition) is 2. The van der Waals surface area contributed by atoms with E-state index in [2.05, 4.69) is 5.32 Å². The Hall–Kier alpha value is -1.65. The number of benzene rings is 2. The van der Waals surface area contributed by atoms with Crippen LogP contribution in [0.25, 0.3) is 0 Å². The molecule has 0 aliphatic rings. The molecule has 0 radical (unpaired) electrons. The Kier molecular flexibility index (Phi) is 4.35. The molecule has 0 bridgehead atoms. The largest absolute Gasteiger partial charge is 0.505 e. The van der Waals surface area contributed by atoms with Gasteiger partial charge in [0.05, 0.1) is 5.02 Å². The third kappa shape index (κ3) is 3.43. The molecule has 2 aromatic rings. The molecule has 0 aromatic heterocycles. The van der Waals surface area contributed by atoms with E-state index in [1.54, 1.807) is 12.1 Å². The Morgan fingerprint density at radius 3 is 2.58 bits per heavy atom. The summed E-state index contributed by atoms with van der Waals surface area (Å²) in [5.41, 5.74) is 1.27. The van der Waals surface area contributed by atoms with Crippen LogP contribution in [0.1, 0.15) is 11.1 Å². The SMILES string of the molecule is Oc1c(F)cccc1CNCc1ccc(F)c(Cl)c1. The molecule has 2 rings (SSSR count). The van der Waals surface area contributed by atoms with Crippen LogP contribution in [0.2, 0.25) is 5.02 Å². The minimum Gasteiger partial charge on any atom is -0.505 e. The van der Waals surface area contributed by atoms with Crippen LogP contribution < -0.4 is 5.32 Å². The highest BCUT2D eigenvalue weighted by Crippen LogP contribution is 2.20. The van der Waals surface area contributed by atoms with Crippen molar-refractivity contribution < 1.29 is 13.9 Å². The Morgan fingerprint density at radius 1 is 1.05 bits per heavy atom. The molecule has 0 amide bonds. The second-order valence-electron chi connectivity index (χ2n) is 4.10. The van der Waals surface area contributed by atoms with Crippen LogP contribution in [0.3, 0.4) is 0 Å². The van der Waals surface area contributed by atoms with Crippen molar-refractivity contribution in [2.24, 2.45) is 0 Å². The van der Waals surface area contributed by atoms with Gasteiger partial charge in [0.15, 0.2) is 11.6 Å². The van der Waals surface area contributed by atoms with Gasteiger partial charge in [-0.15, -0.1) is 0 Å². The first-order valence-corrected chi connectivity index (χ1v) is 6.06. The van der Waals surface area contributed by atoms with Crippen molar-refractivity contribution in [1.82, 2.24) is 5.32 Å². The molecule has 0 aliphatic carbocycles. The molecule has 0 fully saturated rings. The molecule has 19 heavy (non-hydrogen) atoms. The van der Waals surface area contributed by atoms with Gasteiger partial charge in [-0.1, -0.05) is 29.8 Å². The van der Waals surface area contributed by atoms with E-state index in [1.165, 1.54) is 24.3 Å². The molecule has 2 aromatic carbocycles. The zero-order valence-electron chi connectivity index (χ0n) is 9.96. The topological polar surface area (TPSA) is 32.3 Å². The van der Waals surface area contributed by atoms with Gasteiger partial charge in [-0.3, -0.25) is 0 Å². The van der Waals surface area contributed by atoms with E-state index in [1.807, 2.05) is 0 Å². The van der Waals surface area contributed by atoms with Crippen molar-refractivity contribution in [3.63, 3.8) is 0 Å². The molecule has 5 heteroatoms. The normalized spacial score (nSPS) is 10.7. The number of phenolic OH excluding ortho intramolecular Hbond substituents is 1. The molecule has 0 heterocycles. The average molecular weight is 284 g/mol. The second kappa shape index (κ2) is 5.99. The highest BCUT2D eigenvalue weighted by Gasteiger charge is 2.06. The van der Waals surface area contributed by atoms with Crippen LogP contribution in [0.5, 0.6) is 5.75 Å². The summed E-state index contributed by atoms with van der Waals surface area (Å²) >= 11 is 5.66. The van der Waals surface area contributed by atoms with Crippen molar-refractivity contribution >= 4 is 11.6 Å². The maximum atomic E-state index is 13.1. The highest BCUT2D eigenvalue weighted by molar-refractivity contribution is 6.30.